The van der Waals surface area contributed by atoms with Crippen molar-refractivity contribution >= 4 is 11.7 Å². The Morgan fingerprint density at radius 3 is 2.85 bits per heavy atom. The highest BCUT2D eigenvalue weighted by Crippen LogP contribution is 2.07. The first kappa shape index (κ1) is 9.51. The second-order valence-corrected chi connectivity index (χ2v) is 2.70. The maximum absolute atomic E-state index is 11.2. The maximum atomic E-state index is 11.2. The van der Waals surface area contributed by atoms with Crippen LogP contribution in [0.4, 0.5) is 5.82 Å². The molecule has 1 heterocycles. The van der Waals surface area contributed by atoms with Crippen LogP contribution in [0.5, 0.6) is 0 Å². The lowest BCUT2D eigenvalue weighted by Gasteiger charge is -2.03. The van der Waals surface area contributed by atoms with Gasteiger partial charge in [-0.15, -0.1) is 0 Å². The van der Waals surface area contributed by atoms with E-state index < -0.39 is 0 Å². The number of hydrogen-bond acceptors (Lipinski definition) is 3. The average Bonchev–Trinajstić information content (AvgIpc) is 2.15. The third kappa shape index (κ3) is 2.18. The average molecular weight is 179 g/mol. The first-order valence-corrected chi connectivity index (χ1v) is 4.16. The first-order valence-electron chi connectivity index (χ1n) is 4.16. The summed E-state index contributed by atoms with van der Waals surface area (Å²) in [6.07, 6.45) is 0.773. The lowest BCUT2D eigenvalue weighted by atomic mass is 10.2. The molecule has 0 bridgehead atoms. The SMILES string of the molecule is CCc1cc(C(=O)NC)cc(N)n1. The molecule has 0 spiro atoms. The monoisotopic (exact) mass is 179 g/mol. The zero-order chi connectivity index (χ0) is 9.84. The molecular formula is C9H13N3O. The van der Waals surface area contributed by atoms with Crippen molar-refractivity contribution in [1.82, 2.24) is 10.3 Å². The Balaban J connectivity index is 3.08. The number of amides is 1. The molecule has 1 amide bonds. The van der Waals surface area contributed by atoms with Crippen LogP contribution < -0.4 is 11.1 Å². The van der Waals surface area contributed by atoms with Crippen LogP contribution in [0.15, 0.2) is 12.1 Å². The van der Waals surface area contributed by atoms with Gasteiger partial charge in [0.05, 0.1) is 0 Å². The number of nitrogen functional groups attached to an aromatic ring is 1. The van der Waals surface area contributed by atoms with Crippen LogP contribution in [0.3, 0.4) is 0 Å². The van der Waals surface area contributed by atoms with Gasteiger partial charge in [-0.25, -0.2) is 4.98 Å². The van der Waals surface area contributed by atoms with E-state index in [-0.39, 0.29) is 5.91 Å². The fraction of sp³-hybridized carbons (Fsp3) is 0.333. The van der Waals surface area contributed by atoms with Gasteiger partial charge < -0.3 is 11.1 Å². The van der Waals surface area contributed by atoms with Gasteiger partial charge in [-0.05, 0) is 18.6 Å². The minimum atomic E-state index is -0.135. The number of rotatable bonds is 2. The molecule has 0 radical (unpaired) electrons. The quantitative estimate of drug-likeness (QED) is 0.698. The van der Waals surface area contributed by atoms with Crippen molar-refractivity contribution in [2.24, 2.45) is 0 Å². The second kappa shape index (κ2) is 3.89. The van der Waals surface area contributed by atoms with Crippen LogP contribution in [-0.2, 0) is 6.42 Å². The Morgan fingerprint density at radius 1 is 1.62 bits per heavy atom. The molecule has 1 aromatic rings. The van der Waals surface area contributed by atoms with Gasteiger partial charge >= 0.3 is 0 Å². The van der Waals surface area contributed by atoms with Gasteiger partial charge in [0.15, 0.2) is 0 Å². The molecule has 1 rings (SSSR count). The van der Waals surface area contributed by atoms with Crippen molar-refractivity contribution in [2.75, 3.05) is 12.8 Å². The van der Waals surface area contributed by atoms with Crippen molar-refractivity contribution in [3.63, 3.8) is 0 Å². The van der Waals surface area contributed by atoms with Crippen molar-refractivity contribution in [2.45, 2.75) is 13.3 Å². The zero-order valence-electron chi connectivity index (χ0n) is 7.79. The van der Waals surface area contributed by atoms with Gasteiger partial charge in [0.2, 0.25) is 0 Å². The van der Waals surface area contributed by atoms with E-state index in [0.717, 1.165) is 12.1 Å². The van der Waals surface area contributed by atoms with Crippen molar-refractivity contribution in [1.29, 1.82) is 0 Å². The molecule has 0 atom stereocenters. The Morgan fingerprint density at radius 2 is 2.31 bits per heavy atom. The lowest BCUT2D eigenvalue weighted by molar-refractivity contribution is 0.0963. The van der Waals surface area contributed by atoms with Gasteiger partial charge in [-0.3, -0.25) is 4.79 Å². The van der Waals surface area contributed by atoms with E-state index in [2.05, 4.69) is 10.3 Å². The van der Waals surface area contributed by atoms with E-state index in [0.29, 0.717) is 11.4 Å². The fourth-order valence-electron chi connectivity index (χ4n) is 1.07. The molecule has 4 heteroatoms. The smallest absolute Gasteiger partial charge is 0.251 e. The van der Waals surface area contributed by atoms with Crippen LogP contribution in [0.2, 0.25) is 0 Å². The highest BCUT2D eigenvalue weighted by Gasteiger charge is 2.05. The van der Waals surface area contributed by atoms with E-state index in [4.69, 9.17) is 5.73 Å². The third-order valence-electron chi connectivity index (χ3n) is 1.75. The predicted molar refractivity (Wildman–Crippen MR) is 51.4 cm³/mol. The van der Waals surface area contributed by atoms with Crippen LogP contribution in [0, 0.1) is 0 Å². The minimum absolute atomic E-state index is 0.135. The number of anilines is 1. The number of aryl methyl sites for hydroxylation is 1. The first-order chi connectivity index (χ1) is 6.17. The van der Waals surface area contributed by atoms with E-state index in [1.54, 1.807) is 19.2 Å². The number of aromatic nitrogens is 1. The summed E-state index contributed by atoms with van der Waals surface area (Å²) in [4.78, 5) is 15.3. The Kier molecular flexibility index (Phi) is 2.84. The Labute approximate surface area is 77.2 Å². The third-order valence-corrected chi connectivity index (χ3v) is 1.75. The molecule has 0 aliphatic rings. The summed E-state index contributed by atoms with van der Waals surface area (Å²) in [5.41, 5.74) is 6.93. The highest BCUT2D eigenvalue weighted by molar-refractivity contribution is 5.94. The summed E-state index contributed by atoms with van der Waals surface area (Å²) in [5.74, 6) is 0.252. The molecule has 0 aliphatic heterocycles. The largest absolute Gasteiger partial charge is 0.384 e. The van der Waals surface area contributed by atoms with E-state index in [1.807, 2.05) is 6.92 Å². The van der Waals surface area contributed by atoms with Gasteiger partial charge in [0.1, 0.15) is 5.82 Å². The maximum Gasteiger partial charge on any atom is 0.251 e. The van der Waals surface area contributed by atoms with E-state index in [1.165, 1.54) is 0 Å². The molecule has 0 aromatic carbocycles. The topological polar surface area (TPSA) is 68.0 Å². The minimum Gasteiger partial charge on any atom is -0.384 e. The lowest BCUT2D eigenvalue weighted by Crippen LogP contribution is -2.18. The highest BCUT2D eigenvalue weighted by atomic mass is 16.1. The van der Waals surface area contributed by atoms with Gasteiger partial charge in [0, 0.05) is 18.3 Å². The summed E-state index contributed by atoms with van der Waals surface area (Å²) < 4.78 is 0. The number of nitrogens with one attached hydrogen (secondary N) is 1. The van der Waals surface area contributed by atoms with Gasteiger partial charge in [-0.2, -0.15) is 0 Å². The summed E-state index contributed by atoms with van der Waals surface area (Å²) in [6, 6.07) is 3.31. The second-order valence-electron chi connectivity index (χ2n) is 2.70. The molecular weight excluding hydrogens is 166 g/mol. The van der Waals surface area contributed by atoms with Gasteiger partial charge in [-0.1, -0.05) is 6.92 Å². The summed E-state index contributed by atoms with van der Waals surface area (Å²) >= 11 is 0. The summed E-state index contributed by atoms with van der Waals surface area (Å²) in [5, 5.41) is 2.54. The Bertz CT molecular complexity index is 323. The molecule has 3 N–H and O–H groups in total. The number of hydrogen-bond donors (Lipinski definition) is 2. The van der Waals surface area contributed by atoms with E-state index >= 15 is 0 Å². The number of pyridine rings is 1. The van der Waals surface area contributed by atoms with Crippen molar-refractivity contribution < 1.29 is 4.79 Å². The summed E-state index contributed by atoms with van der Waals surface area (Å²) in [6.45, 7) is 1.97. The molecule has 0 saturated carbocycles. The number of carbonyl (C=O) groups is 1. The van der Waals surface area contributed by atoms with Crippen LogP contribution in [0.1, 0.15) is 23.0 Å². The normalized spacial score (nSPS) is 9.69. The zero-order valence-corrected chi connectivity index (χ0v) is 7.79. The van der Waals surface area contributed by atoms with Gasteiger partial charge in [0.25, 0.3) is 5.91 Å². The number of nitrogens with two attached hydrogens (primary N) is 1. The molecule has 0 fully saturated rings. The number of nitrogens with zero attached hydrogens (tertiary/aromatic N) is 1. The van der Waals surface area contributed by atoms with Crippen LogP contribution >= 0.6 is 0 Å². The molecule has 0 saturated heterocycles. The molecule has 13 heavy (non-hydrogen) atoms. The molecule has 0 aliphatic carbocycles. The van der Waals surface area contributed by atoms with E-state index in [9.17, 15) is 4.79 Å². The standard InChI is InChI=1S/C9H13N3O/c1-3-7-4-6(9(13)11-2)5-8(10)12-7/h4-5H,3H2,1-2H3,(H2,10,12)(H,11,13). The van der Waals surface area contributed by atoms with Crippen LogP contribution in [0.25, 0.3) is 0 Å². The summed E-state index contributed by atoms with van der Waals surface area (Å²) in [7, 11) is 1.59. The van der Waals surface area contributed by atoms with Crippen LogP contribution in [-0.4, -0.2) is 17.9 Å². The van der Waals surface area contributed by atoms with Crippen molar-refractivity contribution in [3.8, 4) is 0 Å². The molecule has 1 aromatic heterocycles. The predicted octanol–water partition coefficient (Wildman–Crippen LogP) is 0.586. The molecule has 0 unspecified atom stereocenters. The Hall–Kier alpha value is -1.58. The number of carbonyl (C=O) groups excluding carboxylic acids is 1. The van der Waals surface area contributed by atoms with Crippen molar-refractivity contribution in [3.05, 3.63) is 23.4 Å². The molecule has 4 nitrogen and oxygen atoms in total. The molecule has 70 valence electrons. The fourth-order valence-corrected chi connectivity index (χ4v) is 1.07.